The van der Waals surface area contributed by atoms with Crippen molar-refractivity contribution >= 4 is 13.8 Å². The molecular weight excluding hydrogens is 709 g/mol. The highest BCUT2D eigenvalue weighted by atomic mass is 31.2. The van der Waals surface area contributed by atoms with Gasteiger partial charge in [0.1, 0.15) is 19.3 Å². The number of ether oxygens (including phenoxy) is 2. The standard InChI is InChI=1S/C46H82NO7P/c1-6-8-10-12-14-16-18-19-20-21-22-23-24-25-26-27-28-30-32-34-36-38-41-51-43-45(44-53-55(49,50)52-42-40-47(3,4)5)54-46(48)39-37-35-33-31-29-17-15-13-11-9-7-2/h8,10,13-16,19-20,22-23,25-26,45H,6-7,9,11-12,17-18,21,24,27-44H2,1-5H3/p+1/b10-8-,15-13-,16-14-,20-19-,23-22-,26-25-. The molecule has 318 valence electrons. The van der Waals surface area contributed by atoms with Crippen molar-refractivity contribution in [3.05, 3.63) is 72.9 Å². The molecule has 0 heterocycles. The number of hydrogen-bond acceptors (Lipinski definition) is 6. The summed E-state index contributed by atoms with van der Waals surface area (Å²) in [7, 11) is 1.64. The summed E-state index contributed by atoms with van der Waals surface area (Å²) in [5.41, 5.74) is 0. The topological polar surface area (TPSA) is 91.3 Å². The van der Waals surface area contributed by atoms with Gasteiger partial charge in [0, 0.05) is 13.0 Å². The minimum atomic E-state index is -4.28. The zero-order valence-corrected chi connectivity index (χ0v) is 36.8. The minimum absolute atomic E-state index is 0.0801. The number of quaternary nitrogens is 1. The molecule has 0 saturated heterocycles. The van der Waals surface area contributed by atoms with Gasteiger partial charge in [-0.3, -0.25) is 13.8 Å². The zero-order valence-electron chi connectivity index (χ0n) is 35.9. The third-order valence-electron chi connectivity index (χ3n) is 8.75. The Morgan fingerprint density at radius 2 is 1.05 bits per heavy atom. The molecule has 0 aromatic rings. The van der Waals surface area contributed by atoms with E-state index in [9.17, 15) is 14.3 Å². The van der Waals surface area contributed by atoms with E-state index in [0.29, 0.717) is 24.1 Å². The summed E-state index contributed by atoms with van der Waals surface area (Å²) in [4.78, 5) is 22.8. The number of hydrogen-bond donors (Lipinski definition) is 1. The summed E-state index contributed by atoms with van der Waals surface area (Å²) in [5, 5.41) is 0. The third-order valence-corrected chi connectivity index (χ3v) is 9.74. The molecule has 0 aliphatic rings. The van der Waals surface area contributed by atoms with E-state index in [1.54, 1.807) is 0 Å². The van der Waals surface area contributed by atoms with Crippen LogP contribution in [0.5, 0.6) is 0 Å². The molecule has 0 aromatic heterocycles. The Balaban J connectivity index is 4.24. The van der Waals surface area contributed by atoms with E-state index in [1.165, 1.54) is 44.9 Å². The fourth-order valence-electron chi connectivity index (χ4n) is 5.38. The molecule has 0 amide bonds. The number of unbranched alkanes of at least 4 members (excludes halogenated alkanes) is 13. The van der Waals surface area contributed by atoms with Gasteiger partial charge in [-0.2, -0.15) is 0 Å². The Bertz CT molecular complexity index is 1110. The third kappa shape index (κ3) is 42.9. The first-order chi connectivity index (χ1) is 26.6. The predicted octanol–water partition coefficient (Wildman–Crippen LogP) is 12.7. The van der Waals surface area contributed by atoms with Crippen LogP contribution in [0.2, 0.25) is 0 Å². The summed E-state index contributed by atoms with van der Waals surface area (Å²) < 4.78 is 34.9. The second-order valence-corrected chi connectivity index (χ2v) is 16.8. The molecule has 0 fully saturated rings. The first kappa shape index (κ1) is 52.9. The van der Waals surface area contributed by atoms with E-state index in [-0.39, 0.29) is 25.8 Å². The second kappa shape index (κ2) is 38.8. The number of allylic oxidation sites excluding steroid dienone is 12. The van der Waals surface area contributed by atoms with Gasteiger partial charge in [-0.25, -0.2) is 4.57 Å². The number of phosphoric ester groups is 1. The number of carbonyl (C=O) groups excluding carboxylic acids is 1. The van der Waals surface area contributed by atoms with E-state index in [2.05, 4.69) is 86.8 Å². The fraction of sp³-hybridized carbons (Fsp3) is 0.717. The number of rotatable bonds is 39. The van der Waals surface area contributed by atoms with Crippen molar-refractivity contribution in [1.82, 2.24) is 0 Å². The van der Waals surface area contributed by atoms with Crippen LogP contribution >= 0.6 is 7.82 Å². The van der Waals surface area contributed by atoms with Crippen molar-refractivity contribution in [2.24, 2.45) is 0 Å². The van der Waals surface area contributed by atoms with Gasteiger partial charge in [0.2, 0.25) is 0 Å². The van der Waals surface area contributed by atoms with E-state index in [4.69, 9.17) is 18.5 Å². The van der Waals surface area contributed by atoms with Crippen LogP contribution in [0, 0.1) is 0 Å². The van der Waals surface area contributed by atoms with Gasteiger partial charge in [-0.15, -0.1) is 0 Å². The highest BCUT2D eigenvalue weighted by molar-refractivity contribution is 7.47. The molecule has 8 nitrogen and oxygen atoms in total. The molecule has 0 rings (SSSR count). The van der Waals surface area contributed by atoms with Crippen molar-refractivity contribution in [3.8, 4) is 0 Å². The molecule has 55 heavy (non-hydrogen) atoms. The predicted molar refractivity (Wildman–Crippen MR) is 233 cm³/mol. The van der Waals surface area contributed by atoms with Crippen LogP contribution in [-0.2, 0) is 27.9 Å². The van der Waals surface area contributed by atoms with Crippen LogP contribution in [0.3, 0.4) is 0 Å². The number of carbonyl (C=O) groups is 1. The summed E-state index contributed by atoms with van der Waals surface area (Å²) >= 11 is 0. The van der Waals surface area contributed by atoms with Crippen LogP contribution in [0.15, 0.2) is 72.9 Å². The Kier molecular flexibility index (Phi) is 37.3. The van der Waals surface area contributed by atoms with Gasteiger partial charge < -0.3 is 18.9 Å². The Hall–Kier alpha value is -2.06. The number of likely N-dealkylation sites (N-methyl/N-ethyl adjacent to an activating group) is 1. The number of esters is 1. The molecule has 0 saturated carbocycles. The van der Waals surface area contributed by atoms with Crippen molar-refractivity contribution < 1.29 is 37.3 Å². The molecule has 0 aliphatic heterocycles. The zero-order chi connectivity index (χ0) is 40.6. The maximum Gasteiger partial charge on any atom is 0.472 e. The molecule has 1 N–H and O–H groups in total. The van der Waals surface area contributed by atoms with Crippen molar-refractivity contribution in [2.45, 2.75) is 161 Å². The van der Waals surface area contributed by atoms with Gasteiger partial charge in [0.25, 0.3) is 0 Å². The molecule has 0 radical (unpaired) electrons. The quantitative estimate of drug-likeness (QED) is 0.0218. The summed E-state index contributed by atoms with van der Waals surface area (Å²) in [6, 6.07) is 0. The summed E-state index contributed by atoms with van der Waals surface area (Å²) in [6.07, 6.45) is 49.4. The first-order valence-corrected chi connectivity index (χ1v) is 23.2. The van der Waals surface area contributed by atoms with Crippen molar-refractivity contribution in [3.63, 3.8) is 0 Å². The Morgan fingerprint density at radius 3 is 1.60 bits per heavy atom. The molecule has 2 atom stereocenters. The normalized spacial score (nSPS) is 14.5. The smallest absolute Gasteiger partial charge is 0.457 e. The van der Waals surface area contributed by atoms with E-state index < -0.39 is 13.9 Å². The summed E-state index contributed by atoms with van der Waals surface area (Å²) in [6.45, 7) is 5.40. The van der Waals surface area contributed by atoms with Crippen LogP contribution in [0.1, 0.15) is 155 Å². The number of phosphoric acid groups is 1. The number of nitrogens with zero attached hydrogens (tertiary/aromatic N) is 1. The lowest BCUT2D eigenvalue weighted by atomic mass is 10.1. The van der Waals surface area contributed by atoms with Crippen molar-refractivity contribution in [2.75, 3.05) is 54.1 Å². The second-order valence-electron chi connectivity index (χ2n) is 15.3. The Morgan fingerprint density at radius 1 is 0.582 bits per heavy atom. The SMILES string of the molecule is CC/C=C\C/C=C\C/C=C\C/C=C\C/C=C\CCCCCCCCOCC(COP(=O)(O)OCC[N+](C)(C)C)OC(=O)CCCCCCC/C=C\CCCC. The highest BCUT2D eigenvalue weighted by Gasteiger charge is 2.26. The monoisotopic (exact) mass is 793 g/mol. The molecular formula is C46H83NO7P+. The maximum atomic E-state index is 12.6. The van der Waals surface area contributed by atoms with Crippen molar-refractivity contribution in [1.29, 1.82) is 0 Å². The molecule has 0 aromatic carbocycles. The molecule has 0 aliphatic carbocycles. The van der Waals surface area contributed by atoms with E-state index in [0.717, 1.165) is 89.9 Å². The van der Waals surface area contributed by atoms with Gasteiger partial charge in [-0.1, -0.05) is 145 Å². The summed E-state index contributed by atoms with van der Waals surface area (Å²) in [5.74, 6) is -0.334. The largest absolute Gasteiger partial charge is 0.472 e. The van der Waals surface area contributed by atoms with Gasteiger partial charge in [-0.05, 0) is 77.0 Å². The van der Waals surface area contributed by atoms with Gasteiger partial charge in [0.05, 0.1) is 34.4 Å². The fourth-order valence-corrected chi connectivity index (χ4v) is 6.12. The van der Waals surface area contributed by atoms with Crippen LogP contribution in [0.25, 0.3) is 0 Å². The first-order valence-electron chi connectivity index (χ1n) is 21.7. The average Bonchev–Trinajstić information content (AvgIpc) is 3.13. The lowest BCUT2D eigenvalue weighted by Crippen LogP contribution is -2.37. The Labute approximate surface area is 338 Å². The molecule has 9 heteroatoms. The molecule has 0 bridgehead atoms. The van der Waals surface area contributed by atoms with Gasteiger partial charge in [0.15, 0.2) is 0 Å². The minimum Gasteiger partial charge on any atom is -0.457 e. The highest BCUT2D eigenvalue weighted by Crippen LogP contribution is 2.43. The average molecular weight is 793 g/mol. The maximum absolute atomic E-state index is 12.6. The molecule has 0 spiro atoms. The lowest BCUT2D eigenvalue weighted by Gasteiger charge is -2.24. The van der Waals surface area contributed by atoms with E-state index in [1.807, 2.05) is 21.1 Å². The van der Waals surface area contributed by atoms with Crippen LogP contribution in [-0.4, -0.2) is 75.6 Å². The lowest BCUT2D eigenvalue weighted by molar-refractivity contribution is -0.870. The van der Waals surface area contributed by atoms with Crippen LogP contribution in [0.4, 0.5) is 0 Å². The molecule has 2 unspecified atom stereocenters. The van der Waals surface area contributed by atoms with E-state index >= 15 is 0 Å². The van der Waals surface area contributed by atoms with Gasteiger partial charge >= 0.3 is 13.8 Å². The van der Waals surface area contributed by atoms with Crippen LogP contribution < -0.4 is 0 Å².